The molecule has 1 heterocycles. The Balaban J connectivity index is 1.83. The first-order chi connectivity index (χ1) is 14.2. The highest BCUT2D eigenvalue weighted by atomic mass is 16.1. The van der Waals surface area contributed by atoms with E-state index in [0.717, 1.165) is 28.8 Å². The summed E-state index contributed by atoms with van der Waals surface area (Å²) in [4.78, 5) is 17.9. The summed E-state index contributed by atoms with van der Waals surface area (Å²) in [5.74, 6) is 0.381. The van der Waals surface area contributed by atoms with Gasteiger partial charge in [-0.25, -0.2) is 15.0 Å². The van der Waals surface area contributed by atoms with Crippen LogP contribution in [0.1, 0.15) is 23.6 Å². The van der Waals surface area contributed by atoms with Crippen LogP contribution in [0.5, 0.6) is 0 Å². The minimum absolute atomic E-state index is 0.127. The van der Waals surface area contributed by atoms with Crippen LogP contribution in [0.25, 0.3) is 16.6 Å². The lowest BCUT2D eigenvalue weighted by Gasteiger charge is -2.13. The van der Waals surface area contributed by atoms with Crippen LogP contribution in [-0.2, 0) is 6.42 Å². The van der Waals surface area contributed by atoms with E-state index < -0.39 is 0 Å². The van der Waals surface area contributed by atoms with Gasteiger partial charge in [0, 0.05) is 0 Å². The predicted molar refractivity (Wildman–Crippen MR) is 119 cm³/mol. The number of benzene rings is 3. The molecule has 0 unspecified atom stereocenters. The predicted octanol–water partition coefficient (Wildman–Crippen LogP) is 4.70. The number of hydrogen-bond acceptors (Lipinski definition) is 4. The van der Waals surface area contributed by atoms with Crippen LogP contribution >= 0.6 is 0 Å². The van der Waals surface area contributed by atoms with Gasteiger partial charge in [0.2, 0.25) is 5.95 Å². The van der Waals surface area contributed by atoms with Crippen molar-refractivity contribution in [2.75, 3.05) is 5.43 Å². The second-order valence-electron chi connectivity index (χ2n) is 6.84. The summed E-state index contributed by atoms with van der Waals surface area (Å²) in [7, 11) is 0. The molecule has 0 aliphatic carbocycles. The maximum atomic E-state index is 13.3. The number of aromatic nitrogens is 2. The smallest absolute Gasteiger partial charge is 0.267 e. The summed E-state index contributed by atoms with van der Waals surface area (Å²) in [5.41, 5.74) is 7.53. The van der Waals surface area contributed by atoms with Crippen LogP contribution in [0.4, 0.5) is 5.95 Å². The van der Waals surface area contributed by atoms with Crippen LogP contribution in [0.3, 0.4) is 0 Å². The molecule has 0 aliphatic heterocycles. The number of fused-ring (bicyclic) bond motifs is 1. The largest absolute Gasteiger partial charge is 0.268 e. The van der Waals surface area contributed by atoms with Crippen LogP contribution in [-0.4, -0.2) is 15.8 Å². The van der Waals surface area contributed by atoms with Crippen molar-refractivity contribution >= 4 is 23.1 Å². The molecule has 29 heavy (non-hydrogen) atoms. The Morgan fingerprint density at radius 1 is 1.03 bits per heavy atom. The Kier molecular flexibility index (Phi) is 5.20. The van der Waals surface area contributed by atoms with Crippen molar-refractivity contribution in [3.05, 3.63) is 99.8 Å². The quantitative estimate of drug-likeness (QED) is 0.402. The molecule has 1 aromatic heterocycles. The Morgan fingerprint density at radius 3 is 2.66 bits per heavy atom. The number of aryl methyl sites for hydroxylation is 2. The number of anilines is 1. The lowest BCUT2D eigenvalue weighted by atomic mass is 10.1. The van der Waals surface area contributed by atoms with Gasteiger partial charge in [0.1, 0.15) is 0 Å². The molecule has 0 radical (unpaired) electrons. The monoisotopic (exact) mass is 382 g/mol. The molecule has 0 amide bonds. The molecule has 0 aliphatic rings. The van der Waals surface area contributed by atoms with Gasteiger partial charge in [0.05, 0.1) is 22.8 Å². The maximum Gasteiger partial charge on any atom is 0.267 e. The van der Waals surface area contributed by atoms with Gasteiger partial charge in [-0.05, 0) is 54.3 Å². The van der Waals surface area contributed by atoms with Crippen molar-refractivity contribution in [3.8, 4) is 5.69 Å². The van der Waals surface area contributed by atoms with E-state index in [4.69, 9.17) is 0 Å². The number of para-hydroxylation sites is 1. The van der Waals surface area contributed by atoms with E-state index in [9.17, 15) is 4.79 Å². The van der Waals surface area contributed by atoms with Crippen molar-refractivity contribution in [3.63, 3.8) is 0 Å². The maximum absolute atomic E-state index is 13.3. The zero-order valence-electron chi connectivity index (χ0n) is 16.5. The highest BCUT2D eigenvalue weighted by Crippen LogP contribution is 2.18. The standard InChI is InChI=1S/C24H22N4O/c1-3-18-10-8-12-20(15-18)28-23(29)21-13-6-7-14-22(21)26-24(28)27-25-16-19-11-5-4-9-17(19)2/h4-16H,3H2,1-2H3,(H,26,27)/b25-16+. The summed E-state index contributed by atoms with van der Waals surface area (Å²) in [5, 5.41) is 4.92. The topological polar surface area (TPSA) is 59.3 Å². The normalized spacial score (nSPS) is 11.2. The summed E-state index contributed by atoms with van der Waals surface area (Å²) in [6.07, 6.45) is 2.63. The Labute approximate surface area is 169 Å². The summed E-state index contributed by atoms with van der Waals surface area (Å²) < 4.78 is 1.58. The third-order valence-corrected chi connectivity index (χ3v) is 4.91. The Morgan fingerprint density at radius 2 is 1.83 bits per heavy atom. The lowest BCUT2D eigenvalue weighted by Crippen LogP contribution is -2.22. The first kappa shape index (κ1) is 18.6. The van der Waals surface area contributed by atoms with E-state index in [1.807, 2.05) is 73.7 Å². The third-order valence-electron chi connectivity index (χ3n) is 4.91. The minimum Gasteiger partial charge on any atom is -0.268 e. The fourth-order valence-corrected chi connectivity index (χ4v) is 3.25. The van der Waals surface area contributed by atoms with Crippen LogP contribution < -0.4 is 11.0 Å². The van der Waals surface area contributed by atoms with Gasteiger partial charge in [-0.1, -0.05) is 55.5 Å². The molecule has 5 nitrogen and oxygen atoms in total. The van der Waals surface area contributed by atoms with Gasteiger partial charge in [-0.3, -0.25) is 4.79 Å². The molecule has 0 atom stereocenters. The molecule has 0 saturated heterocycles. The van der Waals surface area contributed by atoms with Crippen LogP contribution in [0.2, 0.25) is 0 Å². The van der Waals surface area contributed by atoms with Gasteiger partial charge in [0.15, 0.2) is 0 Å². The van der Waals surface area contributed by atoms with Crippen molar-refractivity contribution in [2.24, 2.45) is 5.10 Å². The number of rotatable bonds is 5. The van der Waals surface area contributed by atoms with Crippen molar-refractivity contribution < 1.29 is 0 Å². The first-order valence-corrected chi connectivity index (χ1v) is 9.63. The third kappa shape index (κ3) is 3.80. The summed E-state index contributed by atoms with van der Waals surface area (Å²) in [6, 6.07) is 23.2. The fourth-order valence-electron chi connectivity index (χ4n) is 3.25. The van der Waals surface area contributed by atoms with Gasteiger partial charge in [0.25, 0.3) is 5.56 Å². The molecule has 3 aromatic carbocycles. The fraction of sp³-hybridized carbons (Fsp3) is 0.125. The van der Waals surface area contributed by atoms with Crippen molar-refractivity contribution in [1.82, 2.24) is 9.55 Å². The molecule has 1 N–H and O–H groups in total. The van der Waals surface area contributed by atoms with Crippen LogP contribution in [0, 0.1) is 6.92 Å². The molecule has 0 fully saturated rings. The highest BCUT2D eigenvalue weighted by molar-refractivity contribution is 5.82. The molecular weight excluding hydrogens is 360 g/mol. The zero-order valence-corrected chi connectivity index (χ0v) is 16.5. The second-order valence-corrected chi connectivity index (χ2v) is 6.84. The molecule has 4 rings (SSSR count). The van der Waals surface area contributed by atoms with Gasteiger partial charge < -0.3 is 0 Å². The molecule has 0 saturated carbocycles. The molecule has 5 heteroatoms. The number of hydrogen-bond donors (Lipinski definition) is 1. The molecule has 4 aromatic rings. The molecule has 144 valence electrons. The highest BCUT2D eigenvalue weighted by Gasteiger charge is 2.12. The van der Waals surface area contributed by atoms with E-state index in [1.165, 1.54) is 0 Å². The Bertz CT molecular complexity index is 1260. The first-order valence-electron chi connectivity index (χ1n) is 9.63. The minimum atomic E-state index is -0.127. The lowest BCUT2D eigenvalue weighted by molar-refractivity contribution is 0.951. The number of hydrazone groups is 1. The number of nitrogens with one attached hydrogen (secondary N) is 1. The zero-order chi connectivity index (χ0) is 20.2. The molecule has 0 bridgehead atoms. The SMILES string of the molecule is CCc1cccc(-n2c(N/N=C/c3ccccc3C)nc3ccccc3c2=O)c1. The van der Waals surface area contributed by atoms with Crippen molar-refractivity contribution in [2.45, 2.75) is 20.3 Å². The van der Waals surface area contributed by atoms with E-state index in [-0.39, 0.29) is 5.56 Å². The van der Waals surface area contributed by atoms with Gasteiger partial charge >= 0.3 is 0 Å². The van der Waals surface area contributed by atoms with E-state index >= 15 is 0 Å². The average molecular weight is 382 g/mol. The average Bonchev–Trinajstić information content (AvgIpc) is 2.75. The Hall–Kier alpha value is -3.73. The van der Waals surface area contributed by atoms with Gasteiger partial charge in [-0.15, -0.1) is 0 Å². The van der Waals surface area contributed by atoms with Crippen LogP contribution in [0.15, 0.2) is 82.7 Å². The summed E-state index contributed by atoms with van der Waals surface area (Å²) >= 11 is 0. The van der Waals surface area contributed by atoms with E-state index in [2.05, 4.69) is 22.4 Å². The molecule has 0 spiro atoms. The summed E-state index contributed by atoms with van der Waals surface area (Å²) in [6.45, 7) is 4.12. The number of nitrogens with zero attached hydrogens (tertiary/aromatic N) is 3. The van der Waals surface area contributed by atoms with Gasteiger partial charge in [-0.2, -0.15) is 5.10 Å². The van der Waals surface area contributed by atoms with Crippen molar-refractivity contribution in [1.29, 1.82) is 0 Å². The molecular formula is C24H22N4O. The second kappa shape index (κ2) is 8.10. The van der Waals surface area contributed by atoms with E-state index in [0.29, 0.717) is 16.9 Å². The van der Waals surface area contributed by atoms with E-state index in [1.54, 1.807) is 16.8 Å².